The third-order valence-electron chi connectivity index (χ3n) is 3.14. The van der Waals surface area contributed by atoms with Gasteiger partial charge in [0.1, 0.15) is 5.75 Å². The number of carbonyl (C=O) groups is 1. The molecule has 0 aliphatic carbocycles. The minimum Gasteiger partial charge on any atom is -0.497 e. The molecule has 0 amide bonds. The summed E-state index contributed by atoms with van der Waals surface area (Å²) in [6.07, 6.45) is -0.508. The summed E-state index contributed by atoms with van der Waals surface area (Å²) in [6.45, 7) is 0.358. The molecule has 0 fully saturated rings. The van der Waals surface area contributed by atoms with E-state index in [1.54, 1.807) is 7.11 Å². The Morgan fingerprint density at radius 1 is 1.10 bits per heavy atom. The number of carboxylic acid groups (broad SMARTS) is 1. The van der Waals surface area contributed by atoms with Gasteiger partial charge in [-0.05, 0) is 23.3 Å². The zero-order chi connectivity index (χ0) is 15.1. The molecular weight excluding hydrogens is 268 g/mol. The van der Waals surface area contributed by atoms with Crippen molar-refractivity contribution in [1.82, 2.24) is 0 Å². The van der Waals surface area contributed by atoms with Crippen molar-refractivity contribution in [3.05, 3.63) is 65.7 Å². The molecule has 0 aliphatic heterocycles. The van der Waals surface area contributed by atoms with E-state index in [1.165, 1.54) is 0 Å². The van der Waals surface area contributed by atoms with Gasteiger partial charge in [-0.2, -0.15) is 0 Å². The molecule has 0 saturated heterocycles. The number of methoxy groups -OCH3 is 1. The fraction of sp³-hybridized carbons (Fsp3) is 0.235. The Kier molecular flexibility index (Phi) is 5.35. The van der Waals surface area contributed by atoms with E-state index < -0.39 is 12.1 Å². The summed E-state index contributed by atoms with van der Waals surface area (Å²) in [7, 11) is 1.61. The predicted octanol–water partition coefficient (Wildman–Crippen LogP) is 3.43. The maximum Gasteiger partial charge on any atom is 0.306 e. The summed E-state index contributed by atoms with van der Waals surface area (Å²) < 4.78 is 10.9. The molecule has 0 aliphatic rings. The van der Waals surface area contributed by atoms with E-state index in [0.29, 0.717) is 6.61 Å². The Balaban J connectivity index is 2.03. The van der Waals surface area contributed by atoms with Crippen LogP contribution in [0.4, 0.5) is 0 Å². The molecule has 2 rings (SSSR count). The number of carboxylic acids is 1. The Bertz CT molecular complexity index is 563. The molecule has 0 spiro atoms. The minimum absolute atomic E-state index is 0.0554. The van der Waals surface area contributed by atoms with E-state index >= 15 is 0 Å². The maximum absolute atomic E-state index is 11.0. The van der Waals surface area contributed by atoms with Crippen LogP contribution in [-0.2, 0) is 16.1 Å². The van der Waals surface area contributed by atoms with Crippen LogP contribution in [0, 0.1) is 0 Å². The number of benzene rings is 2. The minimum atomic E-state index is -0.876. The Hall–Kier alpha value is -2.33. The molecule has 0 bridgehead atoms. The lowest BCUT2D eigenvalue weighted by molar-refractivity contribution is -0.140. The van der Waals surface area contributed by atoms with Crippen molar-refractivity contribution in [3.8, 4) is 5.75 Å². The van der Waals surface area contributed by atoms with Crippen LogP contribution in [0.25, 0.3) is 0 Å². The predicted molar refractivity (Wildman–Crippen MR) is 79.2 cm³/mol. The lowest BCUT2D eigenvalue weighted by Crippen LogP contribution is -2.10. The number of hydrogen-bond acceptors (Lipinski definition) is 3. The highest BCUT2D eigenvalue weighted by atomic mass is 16.5. The molecule has 1 atom stereocenters. The van der Waals surface area contributed by atoms with Crippen molar-refractivity contribution >= 4 is 5.97 Å². The van der Waals surface area contributed by atoms with Crippen molar-refractivity contribution in [3.63, 3.8) is 0 Å². The van der Waals surface area contributed by atoms with Gasteiger partial charge in [-0.1, -0.05) is 42.5 Å². The molecule has 21 heavy (non-hydrogen) atoms. The molecule has 4 nitrogen and oxygen atoms in total. The maximum atomic E-state index is 11.0. The second kappa shape index (κ2) is 7.45. The first kappa shape index (κ1) is 15.1. The number of hydrogen-bond donors (Lipinski definition) is 1. The first-order valence-electron chi connectivity index (χ1n) is 6.70. The van der Waals surface area contributed by atoms with Gasteiger partial charge in [0.15, 0.2) is 0 Å². The largest absolute Gasteiger partial charge is 0.497 e. The molecule has 1 unspecified atom stereocenters. The summed E-state index contributed by atoms with van der Waals surface area (Å²) in [5.41, 5.74) is 1.84. The average Bonchev–Trinajstić information content (AvgIpc) is 2.52. The Morgan fingerprint density at radius 2 is 1.76 bits per heavy atom. The second-order valence-corrected chi connectivity index (χ2v) is 4.66. The van der Waals surface area contributed by atoms with Crippen molar-refractivity contribution < 1.29 is 19.4 Å². The number of aliphatic carboxylic acids is 1. The first-order valence-corrected chi connectivity index (χ1v) is 6.70. The van der Waals surface area contributed by atoms with Gasteiger partial charge in [0.05, 0.1) is 26.2 Å². The van der Waals surface area contributed by atoms with Crippen molar-refractivity contribution in [2.45, 2.75) is 19.1 Å². The number of rotatable bonds is 7. The van der Waals surface area contributed by atoms with Gasteiger partial charge in [0.2, 0.25) is 0 Å². The van der Waals surface area contributed by atoms with Crippen molar-refractivity contribution in [2.75, 3.05) is 7.11 Å². The summed E-state index contributed by atoms with van der Waals surface area (Å²) in [4.78, 5) is 11.0. The summed E-state index contributed by atoms with van der Waals surface area (Å²) >= 11 is 0. The summed E-state index contributed by atoms with van der Waals surface area (Å²) in [5.74, 6) is -0.0949. The second-order valence-electron chi connectivity index (χ2n) is 4.66. The quantitative estimate of drug-likeness (QED) is 0.847. The fourth-order valence-electron chi connectivity index (χ4n) is 2.02. The highest BCUT2D eigenvalue weighted by Crippen LogP contribution is 2.23. The van der Waals surface area contributed by atoms with E-state index in [2.05, 4.69) is 0 Å². The molecule has 0 saturated carbocycles. The molecule has 110 valence electrons. The van der Waals surface area contributed by atoms with Gasteiger partial charge < -0.3 is 14.6 Å². The third kappa shape index (κ3) is 4.61. The molecule has 1 N–H and O–H groups in total. The van der Waals surface area contributed by atoms with Crippen LogP contribution >= 0.6 is 0 Å². The van der Waals surface area contributed by atoms with E-state index in [0.717, 1.165) is 16.9 Å². The van der Waals surface area contributed by atoms with Crippen LogP contribution < -0.4 is 4.74 Å². The summed E-state index contributed by atoms with van der Waals surface area (Å²) in [5, 5.41) is 9.01. The SMILES string of the molecule is COc1ccc(COC(CC(=O)O)c2ccccc2)cc1. The highest BCUT2D eigenvalue weighted by Gasteiger charge is 2.16. The monoisotopic (exact) mass is 286 g/mol. The van der Waals surface area contributed by atoms with E-state index in [9.17, 15) is 4.79 Å². The highest BCUT2D eigenvalue weighted by molar-refractivity contribution is 5.67. The standard InChI is InChI=1S/C17H18O4/c1-20-15-9-7-13(8-10-15)12-21-16(11-17(18)19)14-5-3-2-4-6-14/h2-10,16H,11-12H2,1H3,(H,18,19). The zero-order valence-corrected chi connectivity index (χ0v) is 11.9. The first-order chi connectivity index (χ1) is 10.2. The number of ether oxygens (including phenoxy) is 2. The van der Waals surface area contributed by atoms with Gasteiger partial charge in [-0.25, -0.2) is 0 Å². The normalized spacial score (nSPS) is 11.9. The molecule has 0 heterocycles. The van der Waals surface area contributed by atoms with Crippen LogP contribution in [0.2, 0.25) is 0 Å². The van der Waals surface area contributed by atoms with Crippen LogP contribution in [0.15, 0.2) is 54.6 Å². The van der Waals surface area contributed by atoms with Crippen LogP contribution in [0.1, 0.15) is 23.7 Å². The topological polar surface area (TPSA) is 55.8 Å². The smallest absolute Gasteiger partial charge is 0.306 e. The van der Waals surface area contributed by atoms with Gasteiger partial charge in [0, 0.05) is 0 Å². The Labute approximate surface area is 123 Å². The van der Waals surface area contributed by atoms with Gasteiger partial charge >= 0.3 is 5.97 Å². The lowest BCUT2D eigenvalue weighted by Gasteiger charge is -2.16. The molecule has 0 radical (unpaired) electrons. The van der Waals surface area contributed by atoms with Crippen molar-refractivity contribution in [1.29, 1.82) is 0 Å². The summed E-state index contributed by atoms with van der Waals surface area (Å²) in [6, 6.07) is 16.9. The molecule has 0 aromatic heterocycles. The zero-order valence-electron chi connectivity index (χ0n) is 11.9. The molecule has 2 aromatic carbocycles. The fourth-order valence-corrected chi connectivity index (χ4v) is 2.02. The van der Waals surface area contributed by atoms with Gasteiger partial charge in [0.25, 0.3) is 0 Å². The third-order valence-corrected chi connectivity index (χ3v) is 3.14. The molecule has 2 aromatic rings. The van der Waals surface area contributed by atoms with Crippen molar-refractivity contribution in [2.24, 2.45) is 0 Å². The van der Waals surface area contributed by atoms with E-state index in [-0.39, 0.29) is 6.42 Å². The van der Waals surface area contributed by atoms with Gasteiger partial charge in [-0.15, -0.1) is 0 Å². The van der Waals surface area contributed by atoms with Gasteiger partial charge in [-0.3, -0.25) is 4.79 Å². The van der Waals surface area contributed by atoms with Crippen LogP contribution in [0.5, 0.6) is 5.75 Å². The lowest BCUT2D eigenvalue weighted by atomic mass is 10.1. The van der Waals surface area contributed by atoms with Crippen LogP contribution in [0.3, 0.4) is 0 Å². The van der Waals surface area contributed by atoms with E-state index in [1.807, 2.05) is 54.6 Å². The Morgan fingerprint density at radius 3 is 2.33 bits per heavy atom. The molecule has 4 heteroatoms. The van der Waals surface area contributed by atoms with Crippen LogP contribution in [-0.4, -0.2) is 18.2 Å². The average molecular weight is 286 g/mol. The molecular formula is C17H18O4. The van der Waals surface area contributed by atoms with E-state index in [4.69, 9.17) is 14.6 Å².